The Hall–Kier alpha value is -0.370. The Bertz CT molecular complexity index is 118. The smallest absolute Gasteiger partial charge is 0.124 e. The lowest BCUT2D eigenvalue weighted by atomic mass is 10.1. The molecule has 2 heteroatoms. The molecule has 0 aromatic rings. The van der Waals surface area contributed by atoms with Gasteiger partial charge in [0.1, 0.15) is 6.29 Å². The molecule has 1 rings (SSSR count). The average Bonchev–Trinajstić information content (AvgIpc) is 2.63. The minimum absolute atomic E-state index is 0.301. The second-order valence-electron chi connectivity index (χ2n) is 3.40. The molecule has 2 nitrogen and oxygen atoms in total. The van der Waals surface area contributed by atoms with Crippen molar-refractivity contribution in [1.29, 1.82) is 0 Å². The molecule has 0 heterocycles. The molecular formula is C8H15NO. The standard InChI is InChI=1S/C8H15NO/c1-9(2)5-8(6-10)7-3-4-7/h6-8H,3-5H2,1-2H3. The Labute approximate surface area is 62.2 Å². The van der Waals surface area contributed by atoms with Crippen LogP contribution < -0.4 is 0 Å². The molecule has 1 saturated carbocycles. The second kappa shape index (κ2) is 3.15. The SMILES string of the molecule is CN(C)CC(C=O)C1CC1. The van der Waals surface area contributed by atoms with Crippen LogP contribution in [0.5, 0.6) is 0 Å². The molecule has 1 atom stereocenters. The van der Waals surface area contributed by atoms with Gasteiger partial charge in [0.25, 0.3) is 0 Å². The first-order chi connectivity index (χ1) is 4.74. The van der Waals surface area contributed by atoms with Gasteiger partial charge in [-0.1, -0.05) is 0 Å². The van der Waals surface area contributed by atoms with Gasteiger partial charge in [-0.3, -0.25) is 0 Å². The summed E-state index contributed by atoms with van der Waals surface area (Å²) in [5.74, 6) is 1.01. The Balaban J connectivity index is 2.25. The number of hydrogen-bond donors (Lipinski definition) is 0. The van der Waals surface area contributed by atoms with Crippen molar-refractivity contribution in [3.8, 4) is 0 Å². The number of rotatable bonds is 4. The first kappa shape index (κ1) is 7.73. The summed E-state index contributed by atoms with van der Waals surface area (Å²) in [6.45, 7) is 0.925. The number of carbonyl (C=O) groups is 1. The van der Waals surface area contributed by atoms with Crippen LogP contribution in [0.15, 0.2) is 0 Å². The zero-order chi connectivity index (χ0) is 7.56. The molecule has 0 saturated heterocycles. The fourth-order valence-corrected chi connectivity index (χ4v) is 1.25. The fraction of sp³-hybridized carbons (Fsp3) is 0.875. The van der Waals surface area contributed by atoms with Crippen LogP contribution in [-0.4, -0.2) is 31.8 Å². The molecule has 0 bridgehead atoms. The first-order valence-corrected chi connectivity index (χ1v) is 3.84. The van der Waals surface area contributed by atoms with E-state index in [0.717, 1.165) is 12.8 Å². The van der Waals surface area contributed by atoms with Crippen molar-refractivity contribution in [1.82, 2.24) is 4.90 Å². The molecule has 1 aliphatic carbocycles. The molecule has 0 aliphatic heterocycles. The predicted molar refractivity (Wildman–Crippen MR) is 40.8 cm³/mol. The molecule has 10 heavy (non-hydrogen) atoms. The lowest BCUT2D eigenvalue weighted by molar-refractivity contribution is -0.112. The Morgan fingerprint density at radius 2 is 2.20 bits per heavy atom. The molecule has 0 N–H and O–H groups in total. The molecule has 1 unspecified atom stereocenters. The lowest BCUT2D eigenvalue weighted by Gasteiger charge is -2.14. The molecule has 1 fully saturated rings. The normalized spacial score (nSPS) is 21.1. The molecule has 0 aromatic carbocycles. The van der Waals surface area contributed by atoms with E-state index in [2.05, 4.69) is 4.90 Å². The van der Waals surface area contributed by atoms with Crippen molar-refractivity contribution in [2.24, 2.45) is 11.8 Å². The summed E-state index contributed by atoms with van der Waals surface area (Å²) in [6, 6.07) is 0. The topological polar surface area (TPSA) is 20.3 Å². The highest BCUT2D eigenvalue weighted by Crippen LogP contribution is 2.35. The highest BCUT2D eigenvalue weighted by atomic mass is 16.1. The van der Waals surface area contributed by atoms with Gasteiger partial charge >= 0.3 is 0 Å². The van der Waals surface area contributed by atoms with Crippen LogP contribution >= 0.6 is 0 Å². The van der Waals surface area contributed by atoms with Gasteiger partial charge in [0.2, 0.25) is 0 Å². The molecule has 0 amide bonds. The molecule has 1 aliphatic rings. The largest absolute Gasteiger partial charge is 0.309 e. The Morgan fingerprint density at radius 1 is 1.60 bits per heavy atom. The van der Waals surface area contributed by atoms with Crippen molar-refractivity contribution in [3.05, 3.63) is 0 Å². The van der Waals surface area contributed by atoms with E-state index in [-0.39, 0.29) is 0 Å². The second-order valence-corrected chi connectivity index (χ2v) is 3.40. The zero-order valence-corrected chi connectivity index (χ0v) is 6.71. The van der Waals surface area contributed by atoms with Crippen LogP contribution in [0, 0.1) is 11.8 Å². The maximum atomic E-state index is 10.5. The van der Waals surface area contributed by atoms with Crippen molar-refractivity contribution >= 4 is 6.29 Å². The zero-order valence-electron chi connectivity index (χ0n) is 6.71. The van der Waals surface area contributed by atoms with Crippen LogP contribution in [-0.2, 0) is 4.79 Å². The minimum Gasteiger partial charge on any atom is -0.309 e. The third-order valence-electron chi connectivity index (χ3n) is 1.98. The number of carbonyl (C=O) groups excluding carboxylic acids is 1. The summed E-state index contributed by atoms with van der Waals surface area (Å²) < 4.78 is 0. The van der Waals surface area contributed by atoms with Crippen LogP contribution in [0.3, 0.4) is 0 Å². The monoisotopic (exact) mass is 141 g/mol. The van der Waals surface area contributed by atoms with Gasteiger partial charge in [0.15, 0.2) is 0 Å². The van der Waals surface area contributed by atoms with Gasteiger partial charge in [0.05, 0.1) is 0 Å². The van der Waals surface area contributed by atoms with E-state index in [1.807, 2.05) is 14.1 Å². The lowest BCUT2D eigenvalue weighted by Crippen LogP contribution is -2.23. The number of nitrogens with zero attached hydrogens (tertiary/aromatic N) is 1. The van der Waals surface area contributed by atoms with Gasteiger partial charge < -0.3 is 9.69 Å². The van der Waals surface area contributed by atoms with E-state index >= 15 is 0 Å². The van der Waals surface area contributed by atoms with E-state index < -0.39 is 0 Å². The van der Waals surface area contributed by atoms with Crippen molar-refractivity contribution in [3.63, 3.8) is 0 Å². The maximum absolute atomic E-state index is 10.5. The molecule has 58 valence electrons. The van der Waals surface area contributed by atoms with Gasteiger partial charge in [-0.15, -0.1) is 0 Å². The fourth-order valence-electron chi connectivity index (χ4n) is 1.25. The third kappa shape index (κ3) is 2.10. The minimum atomic E-state index is 0.301. The van der Waals surface area contributed by atoms with Gasteiger partial charge in [-0.25, -0.2) is 0 Å². The summed E-state index contributed by atoms with van der Waals surface area (Å²) in [7, 11) is 4.03. The average molecular weight is 141 g/mol. The van der Waals surface area contributed by atoms with Crippen molar-refractivity contribution in [2.45, 2.75) is 12.8 Å². The Kier molecular flexibility index (Phi) is 2.44. The van der Waals surface area contributed by atoms with E-state index in [1.165, 1.54) is 12.8 Å². The summed E-state index contributed by atoms with van der Waals surface area (Å²) in [4.78, 5) is 12.6. The first-order valence-electron chi connectivity index (χ1n) is 3.84. The highest BCUT2D eigenvalue weighted by molar-refractivity contribution is 5.55. The van der Waals surface area contributed by atoms with E-state index in [4.69, 9.17) is 0 Å². The maximum Gasteiger partial charge on any atom is 0.124 e. The summed E-state index contributed by atoms with van der Waals surface area (Å²) in [5, 5.41) is 0. The number of hydrogen-bond acceptors (Lipinski definition) is 2. The van der Waals surface area contributed by atoms with Gasteiger partial charge in [-0.05, 0) is 32.9 Å². The van der Waals surface area contributed by atoms with E-state index in [1.54, 1.807) is 0 Å². The molecule has 0 aromatic heterocycles. The van der Waals surface area contributed by atoms with Crippen molar-refractivity contribution in [2.75, 3.05) is 20.6 Å². The molecular weight excluding hydrogens is 126 g/mol. The number of aldehydes is 1. The Morgan fingerprint density at radius 3 is 2.50 bits per heavy atom. The van der Waals surface area contributed by atoms with Crippen LogP contribution in [0.4, 0.5) is 0 Å². The summed E-state index contributed by atoms with van der Waals surface area (Å²) in [5.41, 5.74) is 0. The summed E-state index contributed by atoms with van der Waals surface area (Å²) >= 11 is 0. The quantitative estimate of drug-likeness (QED) is 0.539. The van der Waals surface area contributed by atoms with Crippen LogP contribution in [0.1, 0.15) is 12.8 Å². The van der Waals surface area contributed by atoms with Crippen LogP contribution in [0.25, 0.3) is 0 Å². The van der Waals surface area contributed by atoms with E-state index in [0.29, 0.717) is 11.8 Å². The summed E-state index contributed by atoms with van der Waals surface area (Å²) in [6.07, 6.45) is 3.63. The predicted octanol–water partition coefficient (Wildman–Crippen LogP) is 0.773. The third-order valence-corrected chi connectivity index (χ3v) is 1.98. The van der Waals surface area contributed by atoms with Crippen molar-refractivity contribution < 1.29 is 4.79 Å². The van der Waals surface area contributed by atoms with Crippen LogP contribution in [0.2, 0.25) is 0 Å². The molecule has 0 radical (unpaired) electrons. The highest BCUT2D eigenvalue weighted by Gasteiger charge is 2.30. The van der Waals surface area contributed by atoms with Gasteiger partial charge in [-0.2, -0.15) is 0 Å². The van der Waals surface area contributed by atoms with Gasteiger partial charge in [0, 0.05) is 12.5 Å². The molecule has 0 spiro atoms. The van der Waals surface area contributed by atoms with E-state index in [9.17, 15) is 4.79 Å².